The lowest BCUT2D eigenvalue weighted by atomic mass is 9.90. The molecular formula is C16H21N3O2. The zero-order valence-corrected chi connectivity index (χ0v) is 12.7. The third-order valence-corrected chi connectivity index (χ3v) is 3.05. The first kappa shape index (κ1) is 16.9. The van der Waals surface area contributed by atoms with Crippen LogP contribution >= 0.6 is 0 Å². The van der Waals surface area contributed by atoms with Crippen molar-refractivity contribution in [1.29, 1.82) is 5.26 Å². The number of hydrogen-bond donors (Lipinski definition) is 1. The first-order chi connectivity index (χ1) is 10.00. The number of carbonyl (C=O) groups excluding carboxylic acids is 1. The van der Waals surface area contributed by atoms with E-state index < -0.39 is 6.10 Å². The van der Waals surface area contributed by atoms with Gasteiger partial charge in [-0.15, -0.1) is 0 Å². The van der Waals surface area contributed by atoms with E-state index in [2.05, 4.69) is 16.6 Å². The number of hydrogen-bond acceptors (Lipinski definition) is 4. The molecule has 0 radical (unpaired) electrons. The fraction of sp³-hybridized carbons (Fsp3) is 0.438. The number of nitriles is 1. The maximum Gasteiger partial charge on any atom is 0.273 e. The predicted octanol–water partition coefficient (Wildman–Crippen LogP) is 2.81. The Labute approximate surface area is 125 Å². The zero-order chi connectivity index (χ0) is 15.7. The summed E-state index contributed by atoms with van der Waals surface area (Å²) in [5.41, 5.74) is 3.02. The van der Waals surface area contributed by atoms with Crippen molar-refractivity contribution < 1.29 is 9.53 Å². The van der Waals surface area contributed by atoms with Gasteiger partial charge in [0, 0.05) is 25.2 Å². The SMILES string of the molecule is CO[C@H](C(=O)N/N=C\C(C)(C)CCC#N)c1ccccc1. The van der Waals surface area contributed by atoms with Gasteiger partial charge in [-0.2, -0.15) is 10.4 Å². The molecule has 0 aliphatic heterocycles. The van der Waals surface area contributed by atoms with Crippen molar-refractivity contribution in [3.05, 3.63) is 35.9 Å². The maximum atomic E-state index is 12.1. The third kappa shape index (κ3) is 5.76. The highest BCUT2D eigenvalue weighted by atomic mass is 16.5. The van der Waals surface area contributed by atoms with E-state index >= 15 is 0 Å². The molecule has 1 N–H and O–H groups in total. The highest BCUT2D eigenvalue weighted by Gasteiger charge is 2.20. The van der Waals surface area contributed by atoms with Crippen LogP contribution in [0.15, 0.2) is 35.4 Å². The number of nitrogens with zero attached hydrogens (tertiary/aromatic N) is 2. The van der Waals surface area contributed by atoms with Gasteiger partial charge in [-0.1, -0.05) is 44.2 Å². The van der Waals surface area contributed by atoms with Gasteiger partial charge in [0.2, 0.25) is 0 Å². The quantitative estimate of drug-likeness (QED) is 0.619. The van der Waals surface area contributed by atoms with Crippen molar-refractivity contribution in [2.24, 2.45) is 10.5 Å². The van der Waals surface area contributed by atoms with Gasteiger partial charge < -0.3 is 4.74 Å². The molecule has 0 aliphatic rings. The smallest absolute Gasteiger partial charge is 0.273 e. The van der Waals surface area contributed by atoms with Crippen molar-refractivity contribution in [3.8, 4) is 6.07 Å². The van der Waals surface area contributed by atoms with E-state index in [4.69, 9.17) is 10.00 Å². The second kappa shape index (κ2) is 8.18. The van der Waals surface area contributed by atoms with Crippen molar-refractivity contribution in [1.82, 2.24) is 5.43 Å². The van der Waals surface area contributed by atoms with Gasteiger partial charge in [-0.05, 0) is 12.0 Å². The monoisotopic (exact) mass is 287 g/mol. The van der Waals surface area contributed by atoms with Crippen LogP contribution in [-0.4, -0.2) is 19.2 Å². The van der Waals surface area contributed by atoms with E-state index in [0.717, 1.165) is 5.56 Å². The average molecular weight is 287 g/mol. The van der Waals surface area contributed by atoms with Crippen molar-refractivity contribution >= 4 is 12.1 Å². The first-order valence-electron chi connectivity index (χ1n) is 6.79. The Bertz CT molecular complexity index is 518. The van der Waals surface area contributed by atoms with Crippen molar-refractivity contribution in [2.75, 3.05) is 7.11 Å². The molecule has 112 valence electrons. The molecule has 0 unspecified atom stereocenters. The molecule has 0 saturated carbocycles. The Hall–Kier alpha value is -2.19. The number of rotatable bonds is 7. The molecule has 0 aromatic heterocycles. The lowest BCUT2D eigenvalue weighted by Gasteiger charge is -2.17. The van der Waals surface area contributed by atoms with Crippen LogP contribution in [0.25, 0.3) is 0 Å². The molecule has 0 saturated heterocycles. The molecule has 0 fully saturated rings. The van der Waals surface area contributed by atoms with E-state index in [1.807, 2.05) is 44.2 Å². The minimum absolute atomic E-state index is 0.238. The van der Waals surface area contributed by atoms with Crippen LogP contribution in [0, 0.1) is 16.7 Å². The fourth-order valence-corrected chi connectivity index (χ4v) is 1.79. The number of benzene rings is 1. The summed E-state index contributed by atoms with van der Waals surface area (Å²) in [6.45, 7) is 3.93. The van der Waals surface area contributed by atoms with Gasteiger partial charge in [0.1, 0.15) is 0 Å². The summed E-state index contributed by atoms with van der Waals surface area (Å²) in [5, 5.41) is 12.6. The fourth-order valence-electron chi connectivity index (χ4n) is 1.79. The maximum absolute atomic E-state index is 12.1. The number of amides is 1. The number of carbonyl (C=O) groups is 1. The molecule has 0 aliphatic carbocycles. The summed E-state index contributed by atoms with van der Waals surface area (Å²) < 4.78 is 5.22. The lowest BCUT2D eigenvalue weighted by molar-refractivity contribution is -0.131. The predicted molar refractivity (Wildman–Crippen MR) is 81.5 cm³/mol. The minimum atomic E-state index is -0.689. The van der Waals surface area contributed by atoms with Crippen LogP contribution < -0.4 is 5.43 Å². The molecule has 1 amide bonds. The number of nitrogens with one attached hydrogen (secondary N) is 1. The number of methoxy groups -OCH3 is 1. The Morgan fingerprint density at radius 3 is 2.71 bits per heavy atom. The van der Waals surface area contributed by atoms with Crippen LogP contribution in [0.2, 0.25) is 0 Å². The lowest BCUT2D eigenvalue weighted by Crippen LogP contribution is -2.27. The van der Waals surface area contributed by atoms with Gasteiger partial charge in [0.05, 0.1) is 6.07 Å². The highest BCUT2D eigenvalue weighted by Crippen LogP contribution is 2.19. The van der Waals surface area contributed by atoms with Crippen LogP contribution in [0.1, 0.15) is 38.4 Å². The number of ether oxygens (including phenoxy) is 1. The molecule has 1 rings (SSSR count). The summed E-state index contributed by atoms with van der Waals surface area (Å²) in [6.07, 6.45) is 2.11. The average Bonchev–Trinajstić information content (AvgIpc) is 2.47. The molecule has 1 aromatic carbocycles. The molecule has 1 aromatic rings. The van der Waals surface area contributed by atoms with Crippen LogP contribution in [-0.2, 0) is 9.53 Å². The zero-order valence-electron chi connectivity index (χ0n) is 12.7. The van der Waals surface area contributed by atoms with E-state index in [1.54, 1.807) is 6.21 Å². The Balaban J connectivity index is 2.62. The Morgan fingerprint density at radius 2 is 2.14 bits per heavy atom. The van der Waals surface area contributed by atoms with Crippen LogP contribution in [0.3, 0.4) is 0 Å². The van der Waals surface area contributed by atoms with E-state index in [1.165, 1.54) is 7.11 Å². The largest absolute Gasteiger partial charge is 0.367 e. The summed E-state index contributed by atoms with van der Waals surface area (Å²) in [4.78, 5) is 12.1. The molecular weight excluding hydrogens is 266 g/mol. The van der Waals surface area contributed by atoms with Gasteiger partial charge >= 0.3 is 0 Å². The molecule has 1 atom stereocenters. The van der Waals surface area contributed by atoms with E-state index in [-0.39, 0.29) is 11.3 Å². The second-order valence-corrected chi connectivity index (χ2v) is 5.41. The van der Waals surface area contributed by atoms with Gasteiger partial charge in [0.15, 0.2) is 6.10 Å². The normalized spacial score (nSPS) is 12.9. The van der Waals surface area contributed by atoms with Gasteiger partial charge in [0.25, 0.3) is 5.91 Å². The molecule has 21 heavy (non-hydrogen) atoms. The minimum Gasteiger partial charge on any atom is -0.367 e. The van der Waals surface area contributed by atoms with E-state index in [0.29, 0.717) is 12.8 Å². The summed E-state index contributed by atoms with van der Waals surface area (Å²) in [5.74, 6) is -0.323. The van der Waals surface area contributed by atoms with Crippen molar-refractivity contribution in [3.63, 3.8) is 0 Å². The molecule has 5 nitrogen and oxygen atoms in total. The van der Waals surface area contributed by atoms with Gasteiger partial charge in [-0.3, -0.25) is 4.79 Å². The molecule has 0 bridgehead atoms. The molecule has 5 heteroatoms. The standard InChI is InChI=1S/C16H21N3O2/c1-16(2,10-7-11-17)12-18-19-15(20)14(21-3)13-8-5-4-6-9-13/h4-6,8-9,12,14H,7,10H2,1-3H3,(H,19,20)/b18-12-/t14-/m0/s1. The molecule has 0 spiro atoms. The summed E-state index contributed by atoms with van der Waals surface area (Å²) in [7, 11) is 1.48. The first-order valence-corrected chi connectivity index (χ1v) is 6.79. The summed E-state index contributed by atoms with van der Waals surface area (Å²) >= 11 is 0. The van der Waals surface area contributed by atoms with Crippen molar-refractivity contribution in [2.45, 2.75) is 32.8 Å². The van der Waals surface area contributed by atoms with Crippen LogP contribution in [0.4, 0.5) is 0 Å². The van der Waals surface area contributed by atoms with Crippen LogP contribution in [0.5, 0.6) is 0 Å². The van der Waals surface area contributed by atoms with E-state index in [9.17, 15) is 4.79 Å². The Morgan fingerprint density at radius 1 is 1.48 bits per heavy atom. The third-order valence-electron chi connectivity index (χ3n) is 3.05. The topological polar surface area (TPSA) is 74.5 Å². The summed E-state index contributed by atoms with van der Waals surface area (Å²) in [6, 6.07) is 11.3. The molecule has 0 heterocycles. The second-order valence-electron chi connectivity index (χ2n) is 5.41. The Kier molecular flexibility index (Phi) is 6.57. The number of hydrazone groups is 1. The van der Waals surface area contributed by atoms with Gasteiger partial charge in [-0.25, -0.2) is 5.43 Å². The highest BCUT2D eigenvalue weighted by molar-refractivity contribution is 5.82.